The van der Waals surface area contributed by atoms with Gasteiger partial charge in [0.25, 0.3) is 18.2 Å². The highest BCUT2D eigenvalue weighted by Crippen LogP contribution is 2.52. The van der Waals surface area contributed by atoms with Crippen molar-refractivity contribution in [3.8, 4) is 17.4 Å². The summed E-state index contributed by atoms with van der Waals surface area (Å²) in [5.41, 5.74) is 2.40. The summed E-state index contributed by atoms with van der Waals surface area (Å²) in [6.45, 7) is 11.0. The number of carbonyl (C=O) groups excluding carboxylic acids is 1. The van der Waals surface area contributed by atoms with Gasteiger partial charge in [-0.2, -0.15) is 0 Å². The molecule has 6 heterocycles. The van der Waals surface area contributed by atoms with Crippen LogP contribution >= 0.6 is 0 Å². The maximum Gasteiger partial charge on any atom is 0.282 e. The van der Waals surface area contributed by atoms with Crippen molar-refractivity contribution in [2.24, 2.45) is 5.41 Å². The number of fused-ring (bicyclic) bond motifs is 1. The first kappa shape index (κ1) is 35.0. The van der Waals surface area contributed by atoms with Crippen LogP contribution < -0.4 is 14.4 Å². The molecule has 3 aromatic rings. The Morgan fingerprint density at radius 1 is 1.08 bits per heavy atom. The van der Waals surface area contributed by atoms with E-state index in [4.69, 9.17) is 14.2 Å². The molecule has 0 atom stereocenters. The number of anilines is 1. The average molecular weight is 723 g/mol. The summed E-state index contributed by atoms with van der Waals surface area (Å²) in [6.07, 6.45) is 5.58. The molecule has 52 heavy (non-hydrogen) atoms. The summed E-state index contributed by atoms with van der Waals surface area (Å²) < 4.78 is 59.3. The predicted molar refractivity (Wildman–Crippen MR) is 184 cm³/mol. The summed E-state index contributed by atoms with van der Waals surface area (Å²) >= 11 is 0. The van der Waals surface area contributed by atoms with Crippen molar-refractivity contribution >= 4 is 11.7 Å². The Labute approximate surface area is 301 Å². The molecule has 8 rings (SSSR count). The van der Waals surface area contributed by atoms with Gasteiger partial charge in [-0.15, -0.1) is 10.2 Å². The smallest absolute Gasteiger partial charge is 0.282 e. The van der Waals surface area contributed by atoms with Gasteiger partial charge in [-0.3, -0.25) is 19.6 Å². The van der Waals surface area contributed by atoms with Gasteiger partial charge in [-0.1, -0.05) is 0 Å². The minimum absolute atomic E-state index is 0.0189. The second kappa shape index (κ2) is 14.0. The molecule has 12 nitrogen and oxygen atoms in total. The maximum atomic E-state index is 14.3. The van der Waals surface area contributed by atoms with Gasteiger partial charge < -0.3 is 24.0 Å². The highest BCUT2D eigenvalue weighted by atomic mass is 19.3. The van der Waals surface area contributed by atoms with Gasteiger partial charge in [0, 0.05) is 81.0 Å². The van der Waals surface area contributed by atoms with Crippen LogP contribution in [0.5, 0.6) is 17.4 Å². The zero-order chi connectivity index (χ0) is 36.0. The Morgan fingerprint density at radius 2 is 1.87 bits per heavy atom. The van der Waals surface area contributed by atoms with Crippen LogP contribution in [0.1, 0.15) is 61.1 Å². The van der Waals surface area contributed by atoms with E-state index in [1.807, 2.05) is 17.2 Å². The van der Waals surface area contributed by atoms with Crippen molar-refractivity contribution in [3.05, 3.63) is 59.4 Å². The molecule has 2 aromatic heterocycles. The number of nitrogens with zero attached hydrogens (tertiary/aromatic N) is 8. The number of amides is 1. The van der Waals surface area contributed by atoms with Crippen LogP contribution in [-0.4, -0.2) is 124 Å². The first-order chi connectivity index (χ1) is 25.1. The fraction of sp³-hybridized carbons (Fsp3) is 0.595. The Kier molecular flexibility index (Phi) is 9.45. The van der Waals surface area contributed by atoms with Gasteiger partial charge >= 0.3 is 0 Å². The van der Waals surface area contributed by atoms with Crippen LogP contribution in [-0.2, 0) is 17.7 Å². The topological polar surface area (TPSA) is 109 Å². The van der Waals surface area contributed by atoms with Gasteiger partial charge in [0.15, 0.2) is 5.82 Å². The quantitative estimate of drug-likeness (QED) is 0.247. The first-order valence-corrected chi connectivity index (χ1v) is 18.3. The Hall–Kier alpha value is -4.08. The molecular weight excluding hydrogens is 677 g/mol. The molecule has 0 N–H and O–H groups in total. The number of carbonyl (C=O) groups is 1. The van der Waals surface area contributed by atoms with Crippen LogP contribution in [0, 0.1) is 11.2 Å². The molecule has 4 aliphatic heterocycles. The predicted octanol–water partition coefficient (Wildman–Crippen LogP) is 4.58. The molecule has 1 aliphatic carbocycles. The lowest BCUT2D eigenvalue weighted by atomic mass is 9.61. The van der Waals surface area contributed by atoms with Crippen molar-refractivity contribution in [2.45, 2.75) is 76.7 Å². The number of hydrogen-bond acceptors (Lipinski definition) is 11. The second-order valence-electron chi connectivity index (χ2n) is 15.4. The third-order valence-corrected chi connectivity index (χ3v) is 11.2. The van der Waals surface area contributed by atoms with Gasteiger partial charge in [0.05, 0.1) is 24.3 Å². The lowest BCUT2D eigenvalue weighted by molar-refractivity contribution is -0.221. The molecule has 3 saturated heterocycles. The van der Waals surface area contributed by atoms with E-state index in [0.29, 0.717) is 18.9 Å². The molecule has 15 heteroatoms. The van der Waals surface area contributed by atoms with Crippen LogP contribution in [0.2, 0.25) is 0 Å². The van der Waals surface area contributed by atoms with Crippen LogP contribution in [0.4, 0.5) is 19.0 Å². The molecule has 1 amide bonds. The third kappa shape index (κ3) is 7.02. The van der Waals surface area contributed by atoms with Gasteiger partial charge in [-0.25, -0.2) is 18.2 Å². The molecule has 4 fully saturated rings. The summed E-state index contributed by atoms with van der Waals surface area (Å²) in [4.78, 5) is 30.5. The number of hydrogen-bond donors (Lipinski definition) is 0. The SMILES string of the molecule is CC(C)N(CC(F)F)C(=O)c1cc(F)ccc1Oc1nncnc1N1CC2(CC(Oc3ccnc4c3CN(CCCN3CC5(CCO5)C3)CC4)C2)C1. The number of alkyl halides is 2. The number of rotatable bonds is 13. The fourth-order valence-electron chi connectivity index (χ4n) is 8.43. The summed E-state index contributed by atoms with van der Waals surface area (Å²) in [6, 6.07) is 4.87. The van der Waals surface area contributed by atoms with Gasteiger partial charge in [-0.05, 0) is 70.5 Å². The zero-order valence-electron chi connectivity index (χ0n) is 29.6. The van der Waals surface area contributed by atoms with Crippen LogP contribution in [0.3, 0.4) is 0 Å². The number of halogens is 3. The van der Waals surface area contributed by atoms with E-state index in [9.17, 15) is 18.0 Å². The molecule has 1 saturated carbocycles. The summed E-state index contributed by atoms with van der Waals surface area (Å²) in [5.74, 6) is -0.0646. The number of aromatic nitrogens is 4. The lowest BCUT2D eigenvalue weighted by Gasteiger charge is -2.58. The van der Waals surface area contributed by atoms with Gasteiger partial charge in [0.1, 0.15) is 29.7 Å². The molecule has 5 aliphatic rings. The third-order valence-electron chi connectivity index (χ3n) is 11.2. The number of pyridine rings is 1. The number of ether oxygens (including phenoxy) is 3. The van der Waals surface area contributed by atoms with Crippen molar-refractivity contribution in [1.82, 2.24) is 34.9 Å². The zero-order valence-corrected chi connectivity index (χ0v) is 29.6. The molecule has 0 bridgehead atoms. The molecule has 0 unspecified atom stereocenters. The van der Waals surface area contributed by atoms with E-state index < -0.39 is 30.7 Å². The average Bonchev–Trinajstić information content (AvgIpc) is 3.05. The second-order valence-corrected chi connectivity index (χ2v) is 15.4. The Bertz CT molecular complexity index is 1770. The van der Waals surface area contributed by atoms with Crippen LogP contribution in [0.25, 0.3) is 0 Å². The highest BCUT2D eigenvalue weighted by molar-refractivity contribution is 5.97. The van der Waals surface area contributed by atoms with E-state index >= 15 is 0 Å². The van der Waals surface area contributed by atoms with Crippen molar-refractivity contribution in [1.29, 1.82) is 0 Å². The summed E-state index contributed by atoms with van der Waals surface area (Å²) in [7, 11) is 0. The fourth-order valence-corrected chi connectivity index (χ4v) is 8.43. The van der Waals surface area contributed by atoms with E-state index in [1.54, 1.807) is 13.8 Å². The summed E-state index contributed by atoms with van der Waals surface area (Å²) in [5, 5.41) is 8.00. The van der Waals surface area contributed by atoms with E-state index in [2.05, 4.69) is 30.0 Å². The monoisotopic (exact) mass is 722 g/mol. The molecule has 1 aromatic carbocycles. The van der Waals surface area contributed by atoms with E-state index in [1.165, 1.54) is 24.4 Å². The lowest BCUT2D eigenvalue weighted by Crippen LogP contribution is -2.68. The largest absolute Gasteiger partial charge is 0.490 e. The minimum Gasteiger partial charge on any atom is -0.490 e. The van der Waals surface area contributed by atoms with Gasteiger partial charge in [0.2, 0.25) is 0 Å². The highest BCUT2D eigenvalue weighted by Gasteiger charge is 2.54. The number of benzene rings is 1. The molecule has 0 radical (unpaired) electrons. The Balaban J connectivity index is 0.860. The normalized spacial score (nSPS) is 20.6. The minimum atomic E-state index is -2.75. The van der Waals surface area contributed by atoms with E-state index in [-0.39, 0.29) is 34.3 Å². The van der Waals surface area contributed by atoms with Crippen molar-refractivity contribution in [3.63, 3.8) is 0 Å². The van der Waals surface area contributed by atoms with E-state index in [0.717, 1.165) is 100 Å². The molecule has 278 valence electrons. The van der Waals surface area contributed by atoms with Crippen molar-refractivity contribution < 1.29 is 32.2 Å². The number of likely N-dealkylation sites (tertiary alicyclic amines) is 1. The first-order valence-electron chi connectivity index (χ1n) is 18.3. The standard InChI is InChI=1S/C37H45F3N8O4/c1-24(2)48(18-32(39)40)35(49)27-14-25(38)4-5-30(27)52-34-33(42-23-43-44-34)47-19-36(20-47)15-26(16-36)51-31-6-9-41-29-7-12-45(17-28(29)31)10-3-11-46-21-37(22-46)8-13-50-37/h4-6,9,14,23-24,26,32H,3,7-8,10-13,15-22H2,1-2H3. The maximum absolute atomic E-state index is 14.3. The van der Waals surface area contributed by atoms with Crippen molar-refractivity contribution in [2.75, 3.05) is 63.9 Å². The van der Waals surface area contributed by atoms with Crippen LogP contribution in [0.15, 0.2) is 36.8 Å². The molecular formula is C37H45F3N8O4. The Morgan fingerprint density at radius 3 is 2.60 bits per heavy atom. The molecule has 2 spiro atoms.